The van der Waals surface area contributed by atoms with Crippen LogP contribution in [-0.2, 0) is 0 Å². The van der Waals surface area contributed by atoms with Gasteiger partial charge in [0, 0.05) is 16.6 Å². The molecule has 0 bridgehead atoms. The Bertz CT molecular complexity index is 511. The predicted molar refractivity (Wildman–Crippen MR) is 58.6 cm³/mol. The van der Waals surface area contributed by atoms with Gasteiger partial charge in [0.05, 0.1) is 4.51 Å². The summed E-state index contributed by atoms with van der Waals surface area (Å²) in [4.78, 5) is 3.33. The number of nitrogens with one attached hydrogen (secondary N) is 1. The first-order valence-corrected chi connectivity index (χ1v) is 4.69. The lowest BCUT2D eigenvalue weighted by Gasteiger charge is -2.04. The number of para-hydroxylation sites is 1. The molecule has 0 fully saturated rings. The van der Waals surface area contributed by atoms with Crippen molar-refractivity contribution in [2.24, 2.45) is 0 Å². The van der Waals surface area contributed by atoms with Gasteiger partial charge in [-0.15, -0.1) is 0 Å². The van der Waals surface area contributed by atoms with Crippen molar-refractivity contribution in [2.45, 2.75) is 13.8 Å². The fraction of sp³-hybridized carbons (Fsp3) is 0.182. The van der Waals surface area contributed by atoms with Crippen molar-refractivity contribution in [1.82, 2.24) is 4.98 Å². The minimum atomic E-state index is 0.965. The molecular formula is C11H11NS. The monoisotopic (exact) mass is 189 g/mol. The number of hydrogen-bond acceptors (Lipinski definition) is 1. The summed E-state index contributed by atoms with van der Waals surface area (Å²) in [7, 11) is 0. The molecule has 0 atom stereocenters. The second-order valence-electron chi connectivity index (χ2n) is 3.25. The van der Waals surface area contributed by atoms with Crippen LogP contribution in [0, 0.1) is 18.4 Å². The van der Waals surface area contributed by atoms with Crippen molar-refractivity contribution >= 4 is 23.1 Å². The van der Waals surface area contributed by atoms with Crippen LogP contribution in [0.15, 0.2) is 24.3 Å². The van der Waals surface area contributed by atoms with E-state index in [0.29, 0.717) is 0 Å². The molecular weight excluding hydrogens is 178 g/mol. The maximum Gasteiger partial charge on any atom is 0.0516 e. The number of hydrogen-bond donors (Lipinski definition) is 1. The summed E-state index contributed by atoms with van der Waals surface area (Å²) < 4.78 is 0.965. The van der Waals surface area contributed by atoms with Crippen molar-refractivity contribution in [3.8, 4) is 0 Å². The number of pyridine rings is 1. The Morgan fingerprint density at radius 1 is 1.15 bits per heavy atom. The van der Waals surface area contributed by atoms with E-state index in [9.17, 15) is 0 Å². The van der Waals surface area contributed by atoms with E-state index in [0.717, 1.165) is 21.1 Å². The molecule has 1 heterocycles. The van der Waals surface area contributed by atoms with E-state index in [-0.39, 0.29) is 0 Å². The highest BCUT2D eigenvalue weighted by Crippen LogP contribution is 2.17. The van der Waals surface area contributed by atoms with E-state index in [1.807, 2.05) is 12.1 Å². The van der Waals surface area contributed by atoms with Crippen LogP contribution in [0.3, 0.4) is 0 Å². The lowest BCUT2D eigenvalue weighted by atomic mass is 10.1. The molecule has 2 rings (SSSR count). The Morgan fingerprint density at radius 3 is 2.62 bits per heavy atom. The fourth-order valence-corrected chi connectivity index (χ4v) is 1.79. The van der Waals surface area contributed by atoms with E-state index >= 15 is 0 Å². The van der Waals surface area contributed by atoms with Gasteiger partial charge in [0.15, 0.2) is 0 Å². The van der Waals surface area contributed by atoms with Crippen molar-refractivity contribution in [1.29, 1.82) is 0 Å². The maximum absolute atomic E-state index is 5.36. The lowest BCUT2D eigenvalue weighted by Crippen LogP contribution is -1.89. The second-order valence-corrected chi connectivity index (χ2v) is 3.66. The Kier molecular flexibility index (Phi) is 1.93. The first-order valence-electron chi connectivity index (χ1n) is 4.28. The third kappa shape index (κ3) is 1.27. The third-order valence-electron chi connectivity index (χ3n) is 2.40. The van der Waals surface area contributed by atoms with Gasteiger partial charge in [-0.2, -0.15) is 0 Å². The van der Waals surface area contributed by atoms with Gasteiger partial charge in [-0.05, 0) is 25.5 Å². The summed E-state index contributed by atoms with van der Waals surface area (Å²) in [6.07, 6.45) is 0. The van der Waals surface area contributed by atoms with Crippen LogP contribution >= 0.6 is 12.2 Å². The first-order chi connectivity index (χ1) is 6.20. The molecule has 2 aromatic rings. The van der Waals surface area contributed by atoms with E-state index in [1.165, 1.54) is 5.56 Å². The largest absolute Gasteiger partial charge is 0.358 e. The zero-order valence-corrected chi connectivity index (χ0v) is 8.53. The van der Waals surface area contributed by atoms with Crippen molar-refractivity contribution in [3.63, 3.8) is 0 Å². The molecule has 1 aromatic carbocycles. The molecule has 0 spiro atoms. The minimum Gasteiger partial charge on any atom is -0.358 e. The van der Waals surface area contributed by atoms with Crippen LogP contribution in [0.5, 0.6) is 0 Å². The third-order valence-corrected chi connectivity index (χ3v) is 2.92. The molecule has 0 aliphatic rings. The van der Waals surface area contributed by atoms with E-state index in [4.69, 9.17) is 12.2 Å². The molecule has 1 N–H and O–H groups in total. The van der Waals surface area contributed by atoms with Crippen LogP contribution in [0.2, 0.25) is 0 Å². The molecule has 0 saturated carbocycles. The number of rotatable bonds is 0. The van der Waals surface area contributed by atoms with E-state index < -0.39 is 0 Å². The Morgan fingerprint density at radius 2 is 1.85 bits per heavy atom. The average molecular weight is 189 g/mol. The predicted octanol–water partition coefficient (Wildman–Crippen LogP) is 3.51. The molecule has 0 saturated heterocycles. The minimum absolute atomic E-state index is 0.965. The summed E-state index contributed by atoms with van der Waals surface area (Å²) in [5, 5.41) is 1.14. The molecule has 0 aliphatic carbocycles. The average Bonchev–Trinajstić information content (AvgIpc) is 2.15. The van der Waals surface area contributed by atoms with Crippen molar-refractivity contribution < 1.29 is 0 Å². The van der Waals surface area contributed by atoms with Crippen LogP contribution in [0.25, 0.3) is 10.9 Å². The van der Waals surface area contributed by atoms with Gasteiger partial charge < -0.3 is 4.98 Å². The van der Waals surface area contributed by atoms with Gasteiger partial charge in [-0.25, -0.2) is 0 Å². The lowest BCUT2D eigenvalue weighted by molar-refractivity contribution is 1.19. The van der Waals surface area contributed by atoms with Crippen LogP contribution in [0.4, 0.5) is 0 Å². The fourth-order valence-electron chi connectivity index (χ4n) is 1.46. The highest BCUT2D eigenvalue weighted by Gasteiger charge is 2.00. The quantitative estimate of drug-likeness (QED) is 0.627. The van der Waals surface area contributed by atoms with Crippen LogP contribution < -0.4 is 0 Å². The number of aromatic amines is 1. The van der Waals surface area contributed by atoms with Crippen molar-refractivity contribution in [2.75, 3.05) is 0 Å². The zero-order valence-electron chi connectivity index (χ0n) is 7.72. The van der Waals surface area contributed by atoms with E-state index in [1.54, 1.807) is 0 Å². The molecule has 1 aromatic heterocycles. The zero-order chi connectivity index (χ0) is 9.42. The Labute approximate surface area is 82.4 Å². The summed E-state index contributed by atoms with van der Waals surface area (Å²) in [5.74, 6) is 0. The Balaban J connectivity index is 3.03. The molecule has 0 radical (unpaired) electrons. The SMILES string of the molecule is Cc1[nH]c2ccccc2c(=S)c1C. The summed E-state index contributed by atoms with van der Waals surface area (Å²) >= 11 is 5.36. The molecule has 66 valence electrons. The smallest absolute Gasteiger partial charge is 0.0516 e. The van der Waals surface area contributed by atoms with Gasteiger partial charge in [-0.1, -0.05) is 30.4 Å². The van der Waals surface area contributed by atoms with Gasteiger partial charge in [0.25, 0.3) is 0 Å². The van der Waals surface area contributed by atoms with Crippen LogP contribution in [-0.4, -0.2) is 4.98 Å². The molecule has 2 heteroatoms. The number of aromatic nitrogens is 1. The highest BCUT2D eigenvalue weighted by molar-refractivity contribution is 7.71. The molecule has 0 amide bonds. The summed E-state index contributed by atoms with van der Waals surface area (Å²) in [6.45, 7) is 4.11. The molecule has 0 aliphatic heterocycles. The normalized spacial score (nSPS) is 10.6. The topological polar surface area (TPSA) is 15.8 Å². The number of H-pyrrole nitrogens is 1. The number of aryl methyl sites for hydroxylation is 1. The number of fused-ring (bicyclic) bond motifs is 1. The molecule has 0 unspecified atom stereocenters. The number of benzene rings is 1. The van der Waals surface area contributed by atoms with Crippen LogP contribution in [0.1, 0.15) is 11.3 Å². The van der Waals surface area contributed by atoms with E-state index in [2.05, 4.69) is 31.0 Å². The van der Waals surface area contributed by atoms with Crippen molar-refractivity contribution in [3.05, 3.63) is 40.0 Å². The summed E-state index contributed by atoms with van der Waals surface area (Å²) in [6, 6.07) is 8.14. The second kappa shape index (κ2) is 2.96. The molecule has 13 heavy (non-hydrogen) atoms. The highest BCUT2D eigenvalue weighted by atomic mass is 32.1. The Hall–Kier alpha value is -1.15. The van der Waals surface area contributed by atoms with Gasteiger partial charge >= 0.3 is 0 Å². The van der Waals surface area contributed by atoms with Gasteiger partial charge in [-0.3, -0.25) is 0 Å². The molecule has 1 nitrogen and oxygen atoms in total. The standard InChI is InChI=1S/C11H11NS/c1-7-8(2)12-10-6-4-3-5-9(10)11(7)13/h3-6H,1-2H3,(H,12,13). The summed E-state index contributed by atoms with van der Waals surface area (Å²) in [5.41, 5.74) is 3.45. The first kappa shape index (κ1) is 8.45. The van der Waals surface area contributed by atoms with Gasteiger partial charge in [0.2, 0.25) is 0 Å². The maximum atomic E-state index is 5.36. The van der Waals surface area contributed by atoms with Gasteiger partial charge in [0.1, 0.15) is 0 Å².